The number of carbonyl (C=O) groups excluding carboxylic acids is 1. The van der Waals surface area contributed by atoms with Gasteiger partial charge in [0.2, 0.25) is 0 Å². The summed E-state index contributed by atoms with van der Waals surface area (Å²) < 4.78 is 0. The summed E-state index contributed by atoms with van der Waals surface area (Å²) in [5.74, 6) is 0.0290. The third-order valence-electron chi connectivity index (χ3n) is 3.54. The predicted octanol–water partition coefficient (Wildman–Crippen LogP) is 5.04. The molecule has 1 nitrogen and oxygen atoms in total. The van der Waals surface area contributed by atoms with Crippen LogP contribution in [0.15, 0.2) is 72.8 Å². The van der Waals surface area contributed by atoms with E-state index in [4.69, 9.17) is 0 Å². The van der Waals surface area contributed by atoms with Crippen molar-refractivity contribution in [3.05, 3.63) is 89.5 Å². The quantitative estimate of drug-likeness (QED) is 0.482. The Balaban J connectivity index is 1.84. The van der Waals surface area contributed by atoms with Crippen LogP contribution in [0.25, 0.3) is 16.8 Å². The van der Waals surface area contributed by atoms with Crippen molar-refractivity contribution in [2.45, 2.75) is 6.92 Å². The molecule has 0 heterocycles. The molecule has 0 aliphatic heterocycles. The topological polar surface area (TPSA) is 17.1 Å². The van der Waals surface area contributed by atoms with Gasteiger partial charge >= 0.3 is 0 Å². The van der Waals surface area contributed by atoms with Gasteiger partial charge in [0.05, 0.1) is 0 Å². The molecular formula is C20H16O. The van der Waals surface area contributed by atoms with Crippen molar-refractivity contribution in [2.24, 2.45) is 0 Å². The summed E-state index contributed by atoms with van der Waals surface area (Å²) in [7, 11) is 0. The van der Waals surface area contributed by atoms with E-state index in [1.165, 1.54) is 5.56 Å². The highest BCUT2D eigenvalue weighted by atomic mass is 16.1. The fraction of sp³-hybridized carbons (Fsp3) is 0.0500. The van der Waals surface area contributed by atoms with Crippen molar-refractivity contribution in [1.29, 1.82) is 0 Å². The summed E-state index contributed by atoms with van der Waals surface area (Å²) in [6.45, 7) is 2.05. The fourth-order valence-electron chi connectivity index (χ4n) is 2.29. The zero-order valence-electron chi connectivity index (χ0n) is 11.9. The van der Waals surface area contributed by atoms with Crippen LogP contribution in [-0.2, 0) is 0 Å². The normalized spacial score (nSPS) is 11.1. The third-order valence-corrected chi connectivity index (χ3v) is 3.54. The zero-order chi connectivity index (χ0) is 14.7. The van der Waals surface area contributed by atoms with Gasteiger partial charge in [-0.05, 0) is 35.4 Å². The van der Waals surface area contributed by atoms with Crippen LogP contribution in [0, 0.1) is 6.92 Å². The molecule has 0 saturated heterocycles. The summed E-state index contributed by atoms with van der Waals surface area (Å²) in [6.07, 6.45) is 3.49. The molecule has 0 atom stereocenters. The van der Waals surface area contributed by atoms with Gasteiger partial charge in [-0.2, -0.15) is 0 Å². The van der Waals surface area contributed by atoms with Crippen LogP contribution in [0.1, 0.15) is 21.5 Å². The van der Waals surface area contributed by atoms with E-state index in [0.717, 1.165) is 21.9 Å². The second-order valence-corrected chi connectivity index (χ2v) is 5.17. The van der Waals surface area contributed by atoms with E-state index in [1.807, 2.05) is 79.7 Å². The van der Waals surface area contributed by atoms with E-state index in [-0.39, 0.29) is 5.78 Å². The van der Waals surface area contributed by atoms with Gasteiger partial charge in [0.1, 0.15) is 0 Å². The maximum atomic E-state index is 12.2. The Morgan fingerprint density at radius 2 is 1.57 bits per heavy atom. The molecule has 3 aromatic carbocycles. The van der Waals surface area contributed by atoms with Crippen molar-refractivity contribution >= 4 is 22.6 Å². The lowest BCUT2D eigenvalue weighted by Crippen LogP contribution is -1.93. The number of carbonyl (C=O) groups is 1. The molecule has 0 bridgehead atoms. The first-order chi connectivity index (χ1) is 10.2. The molecule has 21 heavy (non-hydrogen) atoms. The first-order valence-electron chi connectivity index (χ1n) is 7.00. The summed E-state index contributed by atoms with van der Waals surface area (Å²) in [5.41, 5.74) is 2.97. The Kier molecular flexibility index (Phi) is 3.65. The molecule has 0 unspecified atom stereocenters. The van der Waals surface area contributed by atoms with Crippen LogP contribution in [0.4, 0.5) is 0 Å². The summed E-state index contributed by atoms with van der Waals surface area (Å²) in [6, 6.07) is 22.0. The summed E-state index contributed by atoms with van der Waals surface area (Å²) >= 11 is 0. The van der Waals surface area contributed by atoms with Gasteiger partial charge in [0, 0.05) is 5.56 Å². The van der Waals surface area contributed by atoms with Crippen LogP contribution >= 0.6 is 0 Å². The average molecular weight is 272 g/mol. The SMILES string of the molecule is Cc1ccc(/C=C/C(=O)c2ccc3ccccc3c2)cc1. The molecular weight excluding hydrogens is 256 g/mol. The van der Waals surface area contributed by atoms with Crippen molar-refractivity contribution in [1.82, 2.24) is 0 Å². The molecule has 3 rings (SSSR count). The molecule has 0 aliphatic carbocycles. The monoisotopic (exact) mass is 272 g/mol. The highest BCUT2D eigenvalue weighted by molar-refractivity contribution is 6.08. The number of rotatable bonds is 3. The Labute approximate surface area is 124 Å². The minimum absolute atomic E-state index is 0.0290. The van der Waals surface area contributed by atoms with E-state index in [2.05, 4.69) is 0 Å². The lowest BCUT2D eigenvalue weighted by Gasteiger charge is -2.00. The molecule has 0 amide bonds. The molecule has 0 N–H and O–H groups in total. The molecule has 0 radical (unpaired) electrons. The number of aryl methyl sites for hydroxylation is 1. The third kappa shape index (κ3) is 3.09. The van der Waals surface area contributed by atoms with E-state index in [9.17, 15) is 4.79 Å². The average Bonchev–Trinajstić information content (AvgIpc) is 2.53. The lowest BCUT2D eigenvalue weighted by molar-refractivity contribution is 0.104. The molecule has 1 heteroatoms. The van der Waals surface area contributed by atoms with Crippen LogP contribution in [0.3, 0.4) is 0 Å². The van der Waals surface area contributed by atoms with Crippen molar-refractivity contribution < 1.29 is 4.79 Å². The van der Waals surface area contributed by atoms with Crippen molar-refractivity contribution in [3.8, 4) is 0 Å². The largest absolute Gasteiger partial charge is 0.289 e. The Morgan fingerprint density at radius 1 is 0.857 bits per heavy atom. The summed E-state index contributed by atoms with van der Waals surface area (Å²) in [4.78, 5) is 12.2. The van der Waals surface area contributed by atoms with Gasteiger partial charge in [-0.25, -0.2) is 0 Å². The van der Waals surface area contributed by atoms with Crippen LogP contribution in [0.2, 0.25) is 0 Å². The van der Waals surface area contributed by atoms with Gasteiger partial charge in [-0.15, -0.1) is 0 Å². The van der Waals surface area contributed by atoms with Gasteiger partial charge < -0.3 is 0 Å². The van der Waals surface area contributed by atoms with Gasteiger partial charge in [-0.3, -0.25) is 4.79 Å². The Bertz CT molecular complexity index is 811. The van der Waals surface area contributed by atoms with Crippen LogP contribution < -0.4 is 0 Å². The number of allylic oxidation sites excluding steroid dienone is 1. The van der Waals surface area contributed by atoms with Crippen LogP contribution in [-0.4, -0.2) is 5.78 Å². The number of fused-ring (bicyclic) bond motifs is 1. The first kappa shape index (κ1) is 13.3. The summed E-state index contributed by atoms with van der Waals surface area (Å²) in [5, 5.41) is 2.24. The highest BCUT2D eigenvalue weighted by Gasteiger charge is 2.02. The number of hydrogen-bond acceptors (Lipinski definition) is 1. The van der Waals surface area contributed by atoms with Crippen LogP contribution in [0.5, 0.6) is 0 Å². The maximum Gasteiger partial charge on any atom is 0.185 e. The van der Waals surface area contributed by atoms with E-state index in [0.29, 0.717) is 0 Å². The molecule has 0 fully saturated rings. The standard InChI is InChI=1S/C20H16O/c1-15-6-8-16(9-7-15)10-13-20(21)19-12-11-17-4-2-3-5-18(17)14-19/h2-14H,1H3/b13-10+. The van der Waals surface area contributed by atoms with Gasteiger partial charge in [0.25, 0.3) is 0 Å². The van der Waals surface area contributed by atoms with Gasteiger partial charge in [0.15, 0.2) is 5.78 Å². The second kappa shape index (κ2) is 5.76. The van der Waals surface area contributed by atoms with Crippen molar-refractivity contribution in [2.75, 3.05) is 0 Å². The molecule has 0 saturated carbocycles. The smallest absolute Gasteiger partial charge is 0.185 e. The predicted molar refractivity (Wildman–Crippen MR) is 88.5 cm³/mol. The molecule has 0 spiro atoms. The Hall–Kier alpha value is -2.67. The van der Waals surface area contributed by atoms with E-state index < -0.39 is 0 Å². The first-order valence-corrected chi connectivity index (χ1v) is 7.00. The van der Waals surface area contributed by atoms with Crippen molar-refractivity contribution in [3.63, 3.8) is 0 Å². The van der Waals surface area contributed by atoms with Gasteiger partial charge in [-0.1, -0.05) is 72.3 Å². The van der Waals surface area contributed by atoms with E-state index in [1.54, 1.807) is 6.08 Å². The number of benzene rings is 3. The second-order valence-electron chi connectivity index (χ2n) is 5.17. The minimum atomic E-state index is 0.0290. The molecule has 0 aromatic heterocycles. The lowest BCUT2D eigenvalue weighted by atomic mass is 10.0. The number of ketones is 1. The zero-order valence-corrected chi connectivity index (χ0v) is 11.9. The fourth-order valence-corrected chi connectivity index (χ4v) is 2.29. The minimum Gasteiger partial charge on any atom is -0.289 e. The molecule has 3 aromatic rings. The Morgan fingerprint density at radius 3 is 2.33 bits per heavy atom. The van der Waals surface area contributed by atoms with E-state index >= 15 is 0 Å². The molecule has 0 aliphatic rings. The molecule has 102 valence electrons. The maximum absolute atomic E-state index is 12.2. The number of hydrogen-bond donors (Lipinski definition) is 0. The highest BCUT2D eigenvalue weighted by Crippen LogP contribution is 2.16.